The number of aromatic nitrogens is 1. The van der Waals surface area contributed by atoms with Gasteiger partial charge in [-0.3, -0.25) is 4.79 Å². The van der Waals surface area contributed by atoms with Gasteiger partial charge in [-0.2, -0.15) is 8.78 Å². The van der Waals surface area contributed by atoms with Gasteiger partial charge >= 0.3 is 12.3 Å². The monoisotopic (exact) mass is 393 g/mol. The van der Waals surface area contributed by atoms with Crippen LogP contribution in [0.5, 0.6) is 5.88 Å². The summed E-state index contributed by atoms with van der Waals surface area (Å²) in [6.07, 6.45) is -2.44. The molecule has 1 amide bonds. The number of alkyl halides is 4. The zero-order valence-corrected chi connectivity index (χ0v) is 15.3. The van der Waals surface area contributed by atoms with E-state index in [1.807, 2.05) is 20.8 Å². The molecule has 0 saturated heterocycles. The van der Waals surface area contributed by atoms with E-state index in [2.05, 4.69) is 15.0 Å². The third-order valence-electron chi connectivity index (χ3n) is 4.96. The number of halogens is 4. The maximum atomic E-state index is 12.8. The smallest absolute Gasteiger partial charge is 0.340 e. The van der Waals surface area contributed by atoms with E-state index in [1.54, 1.807) is 0 Å². The molecule has 2 rings (SSSR count). The van der Waals surface area contributed by atoms with Gasteiger partial charge in [0, 0.05) is 24.5 Å². The van der Waals surface area contributed by atoms with Crippen molar-refractivity contribution in [2.45, 2.75) is 51.2 Å². The molecule has 1 heterocycles. The summed E-state index contributed by atoms with van der Waals surface area (Å²) in [6, 6.07) is 2.55. The zero-order chi connectivity index (χ0) is 20.5. The van der Waals surface area contributed by atoms with Crippen molar-refractivity contribution < 1.29 is 31.8 Å². The minimum absolute atomic E-state index is 0.136. The van der Waals surface area contributed by atoms with Gasteiger partial charge in [-0.15, -0.1) is 0 Å². The predicted octanol–water partition coefficient (Wildman–Crippen LogP) is 2.83. The van der Waals surface area contributed by atoms with Crippen molar-refractivity contribution in [3.63, 3.8) is 0 Å². The Morgan fingerprint density at radius 1 is 1.44 bits per heavy atom. The number of carbonyl (C=O) groups is 1. The molecule has 152 valence electrons. The Bertz CT molecular complexity index is 670. The SMILES string of the molecule is CCOC1CC(N)(C(=O)Nc2ccc(OCC(F)(F)C(F)F)nc2)C1(C)C. The number of pyridine rings is 1. The molecule has 0 aliphatic heterocycles. The highest BCUT2D eigenvalue weighted by atomic mass is 19.3. The van der Waals surface area contributed by atoms with Crippen molar-refractivity contribution in [1.29, 1.82) is 0 Å². The highest BCUT2D eigenvalue weighted by Crippen LogP contribution is 2.50. The van der Waals surface area contributed by atoms with Crippen LogP contribution in [0.2, 0.25) is 0 Å². The van der Waals surface area contributed by atoms with Crippen LogP contribution in [0, 0.1) is 5.41 Å². The van der Waals surface area contributed by atoms with E-state index >= 15 is 0 Å². The van der Waals surface area contributed by atoms with Gasteiger partial charge in [-0.25, -0.2) is 13.8 Å². The van der Waals surface area contributed by atoms with Gasteiger partial charge in [0.2, 0.25) is 11.8 Å². The molecule has 0 spiro atoms. The molecule has 1 fully saturated rings. The van der Waals surface area contributed by atoms with E-state index in [1.165, 1.54) is 18.3 Å². The van der Waals surface area contributed by atoms with Crippen LogP contribution in [0.4, 0.5) is 23.2 Å². The third-order valence-corrected chi connectivity index (χ3v) is 4.96. The predicted molar refractivity (Wildman–Crippen MR) is 90.0 cm³/mol. The van der Waals surface area contributed by atoms with Crippen molar-refractivity contribution in [2.24, 2.45) is 11.1 Å². The summed E-state index contributed by atoms with van der Waals surface area (Å²) in [5.74, 6) is -4.97. The van der Waals surface area contributed by atoms with Crippen LogP contribution < -0.4 is 15.8 Å². The van der Waals surface area contributed by atoms with Crippen LogP contribution in [-0.2, 0) is 9.53 Å². The van der Waals surface area contributed by atoms with Crippen LogP contribution in [0.3, 0.4) is 0 Å². The molecule has 1 saturated carbocycles. The number of hydrogen-bond donors (Lipinski definition) is 2. The molecule has 2 atom stereocenters. The molecule has 6 nitrogen and oxygen atoms in total. The number of nitrogens with one attached hydrogen (secondary N) is 1. The summed E-state index contributed by atoms with van der Waals surface area (Å²) in [6.45, 7) is 4.56. The second kappa shape index (κ2) is 7.59. The average Bonchev–Trinajstić information content (AvgIpc) is 2.60. The van der Waals surface area contributed by atoms with E-state index in [-0.39, 0.29) is 17.7 Å². The average molecular weight is 393 g/mol. The molecule has 0 aromatic carbocycles. The van der Waals surface area contributed by atoms with E-state index in [4.69, 9.17) is 10.5 Å². The van der Waals surface area contributed by atoms with Gasteiger partial charge in [-0.05, 0) is 13.0 Å². The maximum absolute atomic E-state index is 12.8. The number of amides is 1. The summed E-state index contributed by atoms with van der Waals surface area (Å²) in [5.41, 5.74) is 4.81. The Kier molecular flexibility index (Phi) is 6.00. The first-order chi connectivity index (χ1) is 12.4. The van der Waals surface area contributed by atoms with E-state index < -0.39 is 35.8 Å². The van der Waals surface area contributed by atoms with Gasteiger partial charge < -0.3 is 20.5 Å². The van der Waals surface area contributed by atoms with Crippen LogP contribution in [0.25, 0.3) is 0 Å². The van der Waals surface area contributed by atoms with Gasteiger partial charge in [-0.1, -0.05) is 13.8 Å². The van der Waals surface area contributed by atoms with Crippen LogP contribution in [-0.4, -0.2) is 48.1 Å². The fourth-order valence-electron chi connectivity index (χ4n) is 2.84. The van der Waals surface area contributed by atoms with Crippen molar-refractivity contribution in [3.8, 4) is 5.88 Å². The number of rotatable bonds is 8. The Morgan fingerprint density at radius 3 is 2.59 bits per heavy atom. The fourth-order valence-corrected chi connectivity index (χ4v) is 2.84. The Balaban J connectivity index is 1.96. The number of ether oxygens (including phenoxy) is 2. The second-order valence-electron chi connectivity index (χ2n) is 7.03. The van der Waals surface area contributed by atoms with Crippen molar-refractivity contribution in [1.82, 2.24) is 4.98 Å². The highest BCUT2D eigenvalue weighted by Gasteiger charge is 2.62. The first kappa shape index (κ1) is 21.4. The molecular weight excluding hydrogens is 370 g/mol. The lowest BCUT2D eigenvalue weighted by atomic mass is 9.54. The molecule has 3 N–H and O–H groups in total. The van der Waals surface area contributed by atoms with E-state index in [0.717, 1.165) is 0 Å². The Morgan fingerprint density at radius 2 is 2.11 bits per heavy atom. The molecule has 0 bridgehead atoms. The lowest BCUT2D eigenvalue weighted by Gasteiger charge is -2.57. The standard InChI is InChI=1S/C17H23F4N3O3/c1-4-26-11-7-16(22,15(11,2)3)14(25)24-10-5-6-12(23-8-10)27-9-17(20,21)13(18)19/h5-6,8,11,13H,4,7,9,22H2,1-3H3,(H,24,25). The first-order valence-corrected chi connectivity index (χ1v) is 8.41. The van der Waals surface area contributed by atoms with Crippen molar-refractivity contribution in [2.75, 3.05) is 18.5 Å². The molecule has 0 radical (unpaired) electrons. The molecule has 1 aliphatic rings. The molecule has 2 unspecified atom stereocenters. The van der Waals surface area contributed by atoms with E-state index in [9.17, 15) is 22.4 Å². The third kappa shape index (κ3) is 4.16. The van der Waals surface area contributed by atoms with Crippen LogP contribution in [0.1, 0.15) is 27.2 Å². The van der Waals surface area contributed by atoms with Crippen LogP contribution >= 0.6 is 0 Å². The summed E-state index contributed by atoms with van der Waals surface area (Å²) in [4.78, 5) is 16.3. The fraction of sp³-hybridized carbons (Fsp3) is 0.647. The van der Waals surface area contributed by atoms with E-state index in [0.29, 0.717) is 13.0 Å². The second-order valence-corrected chi connectivity index (χ2v) is 7.03. The minimum atomic E-state index is -4.27. The largest absolute Gasteiger partial charge is 0.471 e. The Labute approximate surface area is 154 Å². The van der Waals surface area contributed by atoms with Gasteiger partial charge in [0.1, 0.15) is 5.54 Å². The van der Waals surface area contributed by atoms with Gasteiger partial charge in [0.05, 0.1) is 18.0 Å². The molecule has 10 heteroatoms. The maximum Gasteiger partial charge on any atom is 0.340 e. The summed E-state index contributed by atoms with van der Waals surface area (Å²) < 4.78 is 60.0. The van der Waals surface area contributed by atoms with Crippen LogP contribution in [0.15, 0.2) is 18.3 Å². The summed E-state index contributed by atoms with van der Waals surface area (Å²) >= 11 is 0. The molecule has 1 aromatic heterocycles. The molecular formula is C17H23F4N3O3. The van der Waals surface area contributed by atoms with Crippen molar-refractivity contribution >= 4 is 11.6 Å². The molecule has 1 aliphatic carbocycles. The lowest BCUT2D eigenvalue weighted by molar-refractivity contribution is -0.166. The van der Waals surface area contributed by atoms with Gasteiger partial charge in [0.25, 0.3) is 0 Å². The number of nitrogens with two attached hydrogens (primary N) is 1. The zero-order valence-electron chi connectivity index (χ0n) is 15.3. The quantitative estimate of drug-likeness (QED) is 0.664. The van der Waals surface area contributed by atoms with Crippen molar-refractivity contribution in [3.05, 3.63) is 18.3 Å². The highest BCUT2D eigenvalue weighted by molar-refractivity contribution is 5.99. The number of anilines is 1. The Hall–Kier alpha value is -1.94. The number of hydrogen-bond acceptors (Lipinski definition) is 5. The minimum Gasteiger partial charge on any atom is -0.471 e. The normalized spacial score (nSPS) is 24.4. The number of carbonyl (C=O) groups excluding carboxylic acids is 1. The summed E-state index contributed by atoms with van der Waals surface area (Å²) in [5, 5.41) is 2.61. The topological polar surface area (TPSA) is 86.5 Å². The lowest BCUT2D eigenvalue weighted by Crippen LogP contribution is -2.74. The first-order valence-electron chi connectivity index (χ1n) is 8.41. The number of nitrogens with zero attached hydrogens (tertiary/aromatic N) is 1. The molecule has 27 heavy (non-hydrogen) atoms. The molecule has 1 aromatic rings. The van der Waals surface area contributed by atoms with Gasteiger partial charge in [0.15, 0.2) is 6.61 Å². The summed E-state index contributed by atoms with van der Waals surface area (Å²) in [7, 11) is 0.